The second-order valence-electron chi connectivity index (χ2n) is 5.71. The van der Waals surface area contributed by atoms with Crippen LogP contribution >= 0.6 is 0 Å². The van der Waals surface area contributed by atoms with Crippen LogP contribution in [0.2, 0.25) is 0 Å². The Morgan fingerprint density at radius 3 is 2.41 bits per heavy atom. The number of para-hydroxylation sites is 2. The normalized spacial score (nSPS) is 12.1. The Kier molecular flexibility index (Phi) is 3.36. The molecule has 0 saturated heterocycles. The van der Waals surface area contributed by atoms with Gasteiger partial charge in [0.05, 0.1) is 27.7 Å². The Bertz CT molecular complexity index is 931. The molecule has 3 aromatic rings. The zero-order valence-corrected chi connectivity index (χ0v) is 12.4. The van der Waals surface area contributed by atoms with Gasteiger partial charge in [-0.05, 0) is 32.0 Å². The Morgan fingerprint density at radius 2 is 1.73 bits per heavy atom. The van der Waals surface area contributed by atoms with Gasteiger partial charge < -0.3 is 5.11 Å². The minimum absolute atomic E-state index is 0.508. The van der Waals surface area contributed by atoms with Crippen LogP contribution in [-0.2, 0) is 0 Å². The zero-order valence-electron chi connectivity index (χ0n) is 12.4. The van der Waals surface area contributed by atoms with Gasteiger partial charge in [0.25, 0.3) is 0 Å². The van der Waals surface area contributed by atoms with E-state index in [1.54, 1.807) is 32.1 Å². The van der Waals surface area contributed by atoms with Crippen LogP contribution in [0.25, 0.3) is 28.1 Å². The number of aliphatic hydroxyl groups is 1. The van der Waals surface area contributed by atoms with E-state index < -0.39 is 5.60 Å². The van der Waals surface area contributed by atoms with Crippen LogP contribution in [0.5, 0.6) is 0 Å². The first-order valence-electron chi connectivity index (χ1n) is 6.99. The molecule has 22 heavy (non-hydrogen) atoms. The van der Waals surface area contributed by atoms with E-state index in [1.165, 1.54) is 0 Å². The molecule has 0 spiro atoms. The predicted octanol–water partition coefficient (Wildman–Crippen LogP) is 3.44. The minimum atomic E-state index is -0.899. The van der Waals surface area contributed by atoms with Gasteiger partial charge in [-0.15, -0.1) is 0 Å². The lowest BCUT2D eigenvalue weighted by molar-refractivity contribution is 0.134. The number of nitrogens with zero attached hydrogens (tertiary/aromatic N) is 3. The van der Waals surface area contributed by atoms with Gasteiger partial charge in [-0.25, -0.2) is 9.97 Å². The SMILES string of the molecule is CC(C)(O)/C=C/c1cccc2nc3cccc(C#N)c3nc12. The summed E-state index contributed by atoms with van der Waals surface area (Å²) >= 11 is 0. The molecular formula is C18H15N3O. The highest BCUT2D eigenvalue weighted by Gasteiger charge is 2.10. The van der Waals surface area contributed by atoms with Crippen molar-refractivity contribution in [2.24, 2.45) is 0 Å². The Hall–Kier alpha value is -2.77. The summed E-state index contributed by atoms with van der Waals surface area (Å²) in [5, 5.41) is 19.1. The summed E-state index contributed by atoms with van der Waals surface area (Å²) in [5.74, 6) is 0. The molecule has 0 aliphatic heterocycles. The second-order valence-corrected chi connectivity index (χ2v) is 5.71. The van der Waals surface area contributed by atoms with Crippen molar-refractivity contribution >= 4 is 28.1 Å². The van der Waals surface area contributed by atoms with Gasteiger partial charge in [0, 0.05) is 5.56 Å². The lowest BCUT2D eigenvalue weighted by Crippen LogP contribution is -2.13. The average molecular weight is 289 g/mol. The summed E-state index contributed by atoms with van der Waals surface area (Å²) in [6.45, 7) is 3.42. The standard InChI is InChI=1S/C18H15N3O/c1-18(2,22)10-9-12-5-3-7-14-16(12)21-17-13(11-19)6-4-8-15(17)20-14/h3-10,22H,1-2H3/b10-9+. The van der Waals surface area contributed by atoms with Crippen LogP contribution in [0.3, 0.4) is 0 Å². The number of nitriles is 1. The first-order chi connectivity index (χ1) is 10.5. The molecule has 0 aliphatic carbocycles. The predicted molar refractivity (Wildman–Crippen MR) is 87.1 cm³/mol. The van der Waals surface area contributed by atoms with E-state index in [0.29, 0.717) is 16.6 Å². The van der Waals surface area contributed by atoms with Gasteiger partial charge in [0.2, 0.25) is 0 Å². The Morgan fingerprint density at radius 1 is 1.05 bits per heavy atom. The molecule has 3 rings (SSSR count). The van der Waals surface area contributed by atoms with E-state index in [1.807, 2.05) is 30.3 Å². The number of rotatable bonds is 2. The molecular weight excluding hydrogens is 274 g/mol. The molecule has 0 radical (unpaired) electrons. The molecule has 0 fully saturated rings. The molecule has 0 atom stereocenters. The van der Waals surface area contributed by atoms with E-state index in [0.717, 1.165) is 16.6 Å². The maximum atomic E-state index is 9.84. The highest BCUT2D eigenvalue weighted by Crippen LogP contribution is 2.23. The minimum Gasteiger partial charge on any atom is -0.386 e. The van der Waals surface area contributed by atoms with Gasteiger partial charge in [0.1, 0.15) is 11.6 Å². The van der Waals surface area contributed by atoms with Gasteiger partial charge >= 0.3 is 0 Å². The van der Waals surface area contributed by atoms with Gasteiger partial charge in [-0.2, -0.15) is 5.26 Å². The van der Waals surface area contributed by atoms with Gasteiger partial charge in [-0.3, -0.25) is 0 Å². The molecule has 4 nitrogen and oxygen atoms in total. The lowest BCUT2D eigenvalue weighted by atomic mass is 10.1. The highest BCUT2D eigenvalue weighted by molar-refractivity contribution is 5.93. The summed E-state index contributed by atoms with van der Waals surface area (Å²) in [4.78, 5) is 9.21. The van der Waals surface area contributed by atoms with Crippen molar-refractivity contribution in [1.29, 1.82) is 5.26 Å². The third-order valence-corrected chi connectivity index (χ3v) is 3.32. The van der Waals surface area contributed by atoms with Crippen molar-refractivity contribution in [3.05, 3.63) is 53.6 Å². The van der Waals surface area contributed by atoms with Crippen LogP contribution in [0.1, 0.15) is 25.0 Å². The zero-order chi connectivity index (χ0) is 15.7. The monoisotopic (exact) mass is 289 g/mol. The van der Waals surface area contributed by atoms with Crippen LogP contribution < -0.4 is 0 Å². The van der Waals surface area contributed by atoms with Crippen LogP contribution in [0, 0.1) is 11.3 Å². The highest BCUT2D eigenvalue weighted by atomic mass is 16.3. The van der Waals surface area contributed by atoms with Crippen LogP contribution in [0.15, 0.2) is 42.5 Å². The van der Waals surface area contributed by atoms with E-state index in [-0.39, 0.29) is 0 Å². The molecule has 0 aliphatic rings. The topological polar surface area (TPSA) is 69.8 Å². The summed E-state index contributed by atoms with van der Waals surface area (Å²) in [6.07, 6.45) is 3.54. The molecule has 1 aromatic heterocycles. The average Bonchev–Trinajstić information content (AvgIpc) is 2.49. The molecule has 0 unspecified atom stereocenters. The van der Waals surface area contributed by atoms with Crippen LogP contribution in [-0.4, -0.2) is 20.7 Å². The summed E-state index contributed by atoms with van der Waals surface area (Å²) in [5.41, 5.74) is 3.26. The van der Waals surface area contributed by atoms with Crippen molar-refractivity contribution in [2.45, 2.75) is 19.4 Å². The molecule has 0 bridgehead atoms. The van der Waals surface area contributed by atoms with E-state index >= 15 is 0 Å². The first-order valence-corrected chi connectivity index (χ1v) is 6.99. The summed E-state index contributed by atoms with van der Waals surface area (Å²) < 4.78 is 0. The Balaban J connectivity index is 2.30. The maximum absolute atomic E-state index is 9.84. The van der Waals surface area contributed by atoms with Crippen molar-refractivity contribution in [1.82, 2.24) is 9.97 Å². The summed E-state index contributed by atoms with van der Waals surface area (Å²) in [6, 6.07) is 13.2. The molecule has 1 heterocycles. The van der Waals surface area contributed by atoms with Crippen molar-refractivity contribution in [2.75, 3.05) is 0 Å². The third kappa shape index (κ3) is 2.67. The lowest BCUT2D eigenvalue weighted by Gasteiger charge is -2.10. The van der Waals surface area contributed by atoms with Crippen molar-refractivity contribution < 1.29 is 5.11 Å². The van der Waals surface area contributed by atoms with Gasteiger partial charge in [-0.1, -0.05) is 30.4 Å². The molecule has 108 valence electrons. The fraction of sp³-hybridized carbons (Fsp3) is 0.167. The number of aromatic nitrogens is 2. The van der Waals surface area contributed by atoms with E-state index in [2.05, 4.69) is 16.0 Å². The largest absolute Gasteiger partial charge is 0.386 e. The number of hydrogen-bond acceptors (Lipinski definition) is 4. The molecule has 2 aromatic carbocycles. The van der Waals surface area contributed by atoms with Crippen LogP contribution in [0.4, 0.5) is 0 Å². The van der Waals surface area contributed by atoms with Gasteiger partial charge in [0.15, 0.2) is 0 Å². The van der Waals surface area contributed by atoms with Crippen molar-refractivity contribution in [3.8, 4) is 6.07 Å². The second kappa shape index (κ2) is 5.21. The maximum Gasteiger partial charge on any atom is 0.107 e. The first kappa shape index (κ1) is 14.2. The molecule has 1 N–H and O–H groups in total. The smallest absolute Gasteiger partial charge is 0.107 e. The molecule has 0 amide bonds. The van der Waals surface area contributed by atoms with E-state index in [9.17, 15) is 10.4 Å². The number of hydrogen-bond donors (Lipinski definition) is 1. The third-order valence-electron chi connectivity index (χ3n) is 3.32. The molecule has 0 saturated carbocycles. The number of fused-ring (bicyclic) bond motifs is 2. The van der Waals surface area contributed by atoms with E-state index in [4.69, 9.17) is 0 Å². The number of benzene rings is 2. The fourth-order valence-corrected chi connectivity index (χ4v) is 2.26. The fourth-order valence-electron chi connectivity index (χ4n) is 2.26. The summed E-state index contributed by atoms with van der Waals surface area (Å²) in [7, 11) is 0. The molecule has 4 heteroatoms. The Labute approximate surface area is 128 Å². The quantitative estimate of drug-likeness (QED) is 0.734. The van der Waals surface area contributed by atoms with Crippen molar-refractivity contribution in [3.63, 3.8) is 0 Å².